The summed E-state index contributed by atoms with van der Waals surface area (Å²) in [5.74, 6) is 1.73. The highest BCUT2D eigenvalue weighted by Gasteiger charge is 2.11. The van der Waals surface area contributed by atoms with Gasteiger partial charge in [-0.25, -0.2) is 0 Å². The number of rotatable bonds is 4. The molecule has 3 rings (SSSR count). The highest BCUT2D eigenvalue weighted by molar-refractivity contribution is 7.98. The van der Waals surface area contributed by atoms with Crippen molar-refractivity contribution in [1.82, 2.24) is 19.7 Å². The van der Waals surface area contributed by atoms with Crippen molar-refractivity contribution in [3.63, 3.8) is 0 Å². The van der Waals surface area contributed by atoms with Gasteiger partial charge in [-0.1, -0.05) is 30.0 Å². The number of aromatic nitrogens is 4. The average molecular weight is 310 g/mol. The van der Waals surface area contributed by atoms with E-state index >= 15 is 0 Å². The highest BCUT2D eigenvalue weighted by atomic mass is 32.2. The molecule has 0 aliphatic heterocycles. The van der Waals surface area contributed by atoms with Crippen LogP contribution in [0.25, 0.3) is 11.4 Å². The maximum absolute atomic E-state index is 4.30. The summed E-state index contributed by atoms with van der Waals surface area (Å²) in [6.07, 6.45) is 3.57. The van der Waals surface area contributed by atoms with Crippen molar-refractivity contribution in [3.05, 3.63) is 59.4 Å². The zero-order valence-electron chi connectivity index (χ0n) is 12.9. The second-order valence-corrected chi connectivity index (χ2v) is 6.26. The number of nitrogens with zero attached hydrogens (tertiary/aromatic N) is 4. The molecule has 0 N–H and O–H groups in total. The van der Waals surface area contributed by atoms with Crippen LogP contribution in [0.2, 0.25) is 0 Å². The lowest BCUT2D eigenvalue weighted by atomic mass is 10.1. The minimum atomic E-state index is 0.843. The van der Waals surface area contributed by atoms with E-state index in [1.807, 2.05) is 29.9 Å². The summed E-state index contributed by atoms with van der Waals surface area (Å²) in [6.45, 7) is 4.28. The van der Waals surface area contributed by atoms with Crippen molar-refractivity contribution in [2.75, 3.05) is 0 Å². The van der Waals surface area contributed by atoms with Gasteiger partial charge in [0.2, 0.25) is 0 Å². The van der Waals surface area contributed by atoms with Gasteiger partial charge in [0.1, 0.15) is 0 Å². The van der Waals surface area contributed by atoms with Crippen molar-refractivity contribution < 1.29 is 0 Å². The molecular weight excluding hydrogens is 292 g/mol. The van der Waals surface area contributed by atoms with E-state index in [0.717, 1.165) is 22.3 Å². The van der Waals surface area contributed by atoms with Gasteiger partial charge in [-0.2, -0.15) is 0 Å². The zero-order valence-corrected chi connectivity index (χ0v) is 13.8. The van der Waals surface area contributed by atoms with E-state index < -0.39 is 0 Å². The summed E-state index contributed by atoms with van der Waals surface area (Å²) in [5.41, 5.74) is 4.94. The molecule has 5 heteroatoms. The molecule has 0 amide bonds. The highest BCUT2D eigenvalue weighted by Crippen LogP contribution is 2.25. The molecule has 3 aromatic rings. The molecule has 0 saturated heterocycles. The first kappa shape index (κ1) is 14.8. The fraction of sp³-hybridized carbons (Fsp3) is 0.235. The maximum Gasteiger partial charge on any atom is 0.191 e. The Kier molecular flexibility index (Phi) is 4.24. The van der Waals surface area contributed by atoms with Gasteiger partial charge in [-0.15, -0.1) is 10.2 Å². The second-order valence-electron chi connectivity index (χ2n) is 5.31. The fourth-order valence-corrected chi connectivity index (χ4v) is 3.08. The molecule has 0 radical (unpaired) electrons. The van der Waals surface area contributed by atoms with Crippen LogP contribution in [-0.4, -0.2) is 19.7 Å². The molecule has 0 spiro atoms. The first-order valence-electron chi connectivity index (χ1n) is 7.14. The van der Waals surface area contributed by atoms with Crippen LogP contribution >= 0.6 is 11.8 Å². The third-order valence-electron chi connectivity index (χ3n) is 3.69. The molecule has 22 heavy (non-hydrogen) atoms. The molecule has 4 nitrogen and oxygen atoms in total. The first-order chi connectivity index (χ1) is 10.6. The third-order valence-corrected chi connectivity index (χ3v) is 4.79. The normalized spacial score (nSPS) is 10.9. The Morgan fingerprint density at radius 3 is 2.68 bits per heavy atom. The number of pyridine rings is 1. The van der Waals surface area contributed by atoms with Gasteiger partial charge < -0.3 is 4.57 Å². The third kappa shape index (κ3) is 3.04. The van der Waals surface area contributed by atoms with Crippen molar-refractivity contribution in [3.8, 4) is 11.4 Å². The van der Waals surface area contributed by atoms with E-state index in [0.29, 0.717) is 0 Å². The van der Waals surface area contributed by atoms with E-state index in [-0.39, 0.29) is 0 Å². The number of aryl methyl sites for hydroxylation is 2. The molecular formula is C17H18N4S. The summed E-state index contributed by atoms with van der Waals surface area (Å²) >= 11 is 1.70. The van der Waals surface area contributed by atoms with Crippen LogP contribution in [0.1, 0.15) is 16.7 Å². The molecule has 0 saturated carbocycles. The Bertz CT molecular complexity index is 781. The van der Waals surface area contributed by atoms with Crippen LogP contribution in [0.4, 0.5) is 0 Å². The lowest BCUT2D eigenvalue weighted by Gasteiger charge is -2.06. The first-order valence-corrected chi connectivity index (χ1v) is 8.12. The quantitative estimate of drug-likeness (QED) is 0.688. The Hall–Kier alpha value is -2.14. The van der Waals surface area contributed by atoms with Crippen LogP contribution in [0.5, 0.6) is 0 Å². The number of thioether (sulfide) groups is 1. The van der Waals surface area contributed by atoms with E-state index in [1.165, 1.54) is 16.7 Å². The lowest BCUT2D eigenvalue weighted by molar-refractivity contribution is 0.793. The van der Waals surface area contributed by atoms with Crippen LogP contribution in [0.3, 0.4) is 0 Å². The summed E-state index contributed by atoms with van der Waals surface area (Å²) in [5, 5.41) is 9.49. The monoisotopic (exact) mass is 310 g/mol. The van der Waals surface area contributed by atoms with Crippen molar-refractivity contribution in [1.29, 1.82) is 0 Å². The van der Waals surface area contributed by atoms with Crippen LogP contribution < -0.4 is 0 Å². The Morgan fingerprint density at radius 1 is 1.09 bits per heavy atom. The van der Waals surface area contributed by atoms with E-state index in [4.69, 9.17) is 0 Å². The number of hydrogen-bond donors (Lipinski definition) is 0. The zero-order chi connectivity index (χ0) is 15.5. The summed E-state index contributed by atoms with van der Waals surface area (Å²) < 4.78 is 2.02. The number of hydrogen-bond acceptors (Lipinski definition) is 4. The molecule has 0 fully saturated rings. The molecule has 0 aliphatic rings. The topological polar surface area (TPSA) is 43.6 Å². The fourth-order valence-electron chi connectivity index (χ4n) is 2.23. The molecule has 1 aromatic carbocycles. The smallest absolute Gasteiger partial charge is 0.191 e. The van der Waals surface area contributed by atoms with Crippen molar-refractivity contribution in [2.45, 2.75) is 24.8 Å². The lowest BCUT2D eigenvalue weighted by Crippen LogP contribution is -1.95. The van der Waals surface area contributed by atoms with E-state index in [2.05, 4.69) is 47.2 Å². The van der Waals surface area contributed by atoms with Gasteiger partial charge in [-0.05, 0) is 42.7 Å². The van der Waals surface area contributed by atoms with Crippen LogP contribution in [-0.2, 0) is 12.8 Å². The molecule has 0 aliphatic carbocycles. The Morgan fingerprint density at radius 2 is 1.95 bits per heavy atom. The van der Waals surface area contributed by atoms with E-state index in [1.54, 1.807) is 18.0 Å². The molecule has 0 atom stereocenters. The van der Waals surface area contributed by atoms with Gasteiger partial charge in [-0.3, -0.25) is 4.98 Å². The Labute approximate surface area is 134 Å². The minimum absolute atomic E-state index is 0.843. The molecule has 0 bridgehead atoms. The predicted molar refractivity (Wildman–Crippen MR) is 89.7 cm³/mol. The SMILES string of the molecule is Cc1ccc(CSc2nnc(-c3cccnc3)n2C)cc1C. The largest absolute Gasteiger partial charge is 0.305 e. The maximum atomic E-state index is 4.30. The number of benzene rings is 1. The summed E-state index contributed by atoms with van der Waals surface area (Å²) in [6, 6.07) is 10.5. The van der Waals surface area contributed by atoms with Gasteiger partial charge in [0.15, 0.2) is 11.0 Å². The molecule has 0 unspecified atom stereocenters. The summed E-state index contributed by atoms with van der Waals surface area (Å²) in [7, 11) is 1.99. The standard InChI is InChI=1S/C17H18N4S/c1-12-6-7-14(9-13(12)2)11-22-17-20-19-16(21(17)3)15-5-4-8-18-10-15/h4-10H,11H2,1-3H3. The van der Waals surface area contributed by atoms with Gasteiger partial charge >= 0.3 is 0 Å². The van der Waals surface area contributed by atoms with Gasteiger partial charge in [0.25, 0.3) is 0 Å². The van der Waals surface area contributed by atoms with Gasteiger partial charge in [0.05, 0.1) is 0 Å². The van der Waals surface area contributed by atoms with Crippen molar-refractivity contribution >= 4 is 11.8 Å². The second kappa shape index (κ2) is 6.32. The van der Waals surface area contributed by atoms with Crippen LogP contribution in [0.15, 0.2) is 47.9 Å². The molecule has 112 valence electrons. The molecule has 2 heterocycles. The minimum Gasteiger partial charge on any atom is -0.305 e. The average Bonchev–Trinajstić information content (AvgIpc) is 2.90. The van der Waals surface area contributed by atoms with Gasteiger partial charge in [0, 0.05) is 30.8 Å². The molecule has 2 aromatic heterocycles. The van der Waals surface area contributed by atoms with Crippen molar-refractivity contribution in [2.24, 2.45) is 7.05 Å². The van der Waals surface area contributed by atoms with Crippen LogP contribution in [0, 0.1) is 13.8 Å². The summed E-state index contributed by atoms with van der Waals surface area (Å²) in [4.78, 5) is 4.14. The Balaban J connectivity index is 1.76. The predicted octanol–water partition coefficient (Wildman–Crippen LogP) is 3.79. The van der Waals surface area contributed by atoms with E-state index in [9.17, 15) is 0 Å².